The summed E-state index contributed by atoms with van der Waals surface area (Å²) in [4.78, 5) is 35.8. The first-order valence-corrected chi connectivity index (χ1v) is 16.6. The van der Waals surface area contributed by atoms with E-state index in [-0.39, 0.29) is 56.0 Å². The van der Waals surface area contributed by atoms with E-state index < -0.39 is 16.1 Å². The lowest BCUT2D eigenvalue weighted by molar-refractivity contribution is 0.0932. The van der Waals surface area contributed by atoms with E-state index in [1.165, 1.54) is 49.3 Å². The molecular weight excluding hydrogens is 612 g/mol. The van der Waals surface area contributed by atoms with Gasteiger partial charge in [-0.05, 0) is 56.2 Å². The second-order valence-corrected chi connectivity index (χ2v) is 13.5. The van der Waals surface area contributed by atoms with Gasteiger partial charge in [0.15, 0.2) is 5.13 Å². The summed E-state index contributed by atoms with van der Waals surface area (Å²) in [6.07, 6.45) is -0.429. The van der Waals surface area contributed by atoms with Crippen LogP contribution in [-0.2, 0) is 14.8 Å². The highest BCUT2D eigenvalue weighted by Gasteiger charge is 2.30. The number of aryl methyl sites for hydroxylation is 2. The van der Waals surface area contributed by atoms with Gasteiger partial charge in [0, 0.05) is 71.0 Å². The highest BCUT2D eigenvalue weighted by Crippen LogP contribution is 2.33. The smallest absolute Gasteiger partial charge is 0.409 e. The van der Waals surface area contributed by atoms with Gasteiger partial charge >= 0.3 is 6.09 Å². The van der Waals surface area contributed by atoms with Crippen molar-refractivity contribution in [3.63, 3.8) is 0 Å². The molecule has 2 fully saturated rings. The number of ether oxygens (including phenoxy) is 1. The minimum Gasteiger partial charge on any atom is -0.450 e. The molecule has 43 heavy (non-hydrogen) atoms. The molecule has 2 aliphatic rings. The van der Waals surface area contributed by atoms with Gasteiger partial charge in [-0.2, -0.15) is 4.31 Å². The van der Waals surface area contributed by atoms with Crippen LogP contribution in [-0.4, -0.2) is 112 Å². The van der Waals surface area contributed by atoms with Gasteiger partial charge in [0.25, 0.3) is 5.91 Å². The maximum Gasteiger partial charge on any atom is 0.409 e. The molecule has 5 rings (SSSR count). The summed E-state index contributed by atoms with van der Waals surface area (Å²) in [6.45, 7) is 12.0. The Morgan fingerprint density at radius 2 is 1.58 bits per heavy atom. The van der Waals surface area contributed by atoms with Crippen molar-refractivity contribution >= 4 is 61.1 Å². The van der Waals surface area contributed by atoms with Crippen molar-refractivity contribution in [1.29, 1.82) is 0 Å². The SMILES string of the molecule is CCOC(=O)N1CCN(S(=O)(=O)c2ccc(C(=O)NCCN3CCN(c4nc5c(C)ccc(C)c5s4)CC3)cc2)CC1.Cl. The van der Waals surface area contributed by atoms with Crippen LogP contribution in [0, 0.1) is 13.8 Å². The molecule has 11 nitrogen and oxygen atoms in total. The van der Waals surface area contributed by atoms with Crippen LogP contribution >= 0.6 is 23.7 Å². The van der Waals surface area contributed by atoms with E-state index in [0.29, 0.717) is 12.1 Å². The Morgan fingerprint density at radius 3 is 2.21 bits per heavy atom. The maximum atomic E-state index is 13.1. The van der Waals surface area contributed by atoms with Crippen LogP contribution in [0.4, 0.5) is 9.93 Å². The minimum atomic E-state index is -3.73. The van der Waals surface area contributed by atoms with Crippen molar-refractivity contribution in [3.05, 3.63) is 53.1 Å². The molecule has 0 bridgehead atoms. The topological polar surface area (TPSA) is 115 Å². The molecule has 3 aromatic rings. The summed E-state index contributed by atoms with van der Waals surface area (Å²) in [7, 11) is -3.73. The van der Waals surface area contributed by atoms with Gasteiger partial charge in [0.05, 0.1) is 21.7 Å². The van der Waals surface area contributed by atoms with Crippen LogP contribution in [0.15, 0.2) is 41.3 Å². The number of halogens is 1. The van der Waals surface area contributed by atoms with Crippen LogP contribution in [0.2, 0.25) is 0 Å². The third-order valence-electron chi connectivity index (χ3n) is 7.81. The molecular formula is C29H39ClN6O5S2. The monoisotopic (exact) mass is 650 g/mol. The van der Waals surface area contributed by atoms with Crippen LogP contribution in [0.3, 0.4) is 0 Å². The fourth-order valence-corrected chi connectivity index (χ4v) is 7.81. The van der Waals surface area contributed by atoms with E-state index in [1.54, 1.807) is 18.3 Å². The quantitative estimate of drug-likeness (QED) is 0.395. The van der Waals surface area contributed by atoms with Crippen molar-refractivity contribution < 1.29 is 22.7 Å². The summed E-state index contributed by atoms with van der Waals surface area (Å²) < 4.78 is 33.8. The number of anilines is 1. The predicted octanol–water partition coefficient (Wildman–Crippen LogP) is 3.35. The lowest BCUT2D eigenvalue weighted by Crippen LogP contribution is -2.50. The van der Waals surface area contributed by atoms with Crippen molar-refractivity contribution in [2.45, 2.75) is 25.7 Å². The molecule has 1 N–H and O–H groups in total. The number of amides is 2. The number of rotatable bonds is 8. The van der Waals surface area contributed by atoms with E-state index in [1.807, 2.05) is 0 Å². The minimum absolute atomic E-state index is 0. The number of hydrogen-bond donors (Lipinski definition) is 1. The Kier molecular flexibility index (Phi) is 10.9. The number of benzene rings is 2. The van der Waals surface area contributed by atoms with Crippen LogP contribution in [0.1, 0.15) is 28.4 Å². The van der Waals surface area contributed by atoms with Gasteiger partial charge in [-0.3, -0.25) is 9.69 Å². The Morgan fingerprint density at radius 1 is 0.930 bits per heavy atom. The summed E-state index contributed by atoms with van der Waals surface area (Å²) in [5.74, 6) is -0.235. The van der Waals surface area contributed by atoms with E-state index >= 15 is 0 Å². The number of thiazole rings is 1. The van der Waals surface area contributed by atoms with Gasteiger partial charge in [0.2, 0.25) is 10.0 Å². The Bertz CT molecular complexity index is 1490. The summed E-state index contributed by atoms with van der Waals surface area (Å²) in [6, 6.07) is 10.3. The average molecular weight is 651 g/mol. The number of carbonyl (C=O) groups is 2. The third kappa shape index (κ3) is 7.40. The zero-order chi connectivity index (χ0) is 29.9. The molecule has 14 heteroatoms. The number of nitrogens with one attached hydrogen (secondary N) is 1. The molecule has 2 aromatic carbocycles. The highest BCUT2D eigenvalue weighted by molar-refractivity contribution is 7.89. The summed E-state index contributed by atoms with van der Waals surface area (Å²) in [5, 5.41) is 4.02. The first kappa shape index (κ1) is 32.9. The third-order valence-corrected chi connectivity index (χ3v) is 11.0. The molecule has 0 atom stereocenters. The second-order valence-electron chi connectivity index (χ2n) is 10.6. The Labute approximate surface area is 263 Å². The van der Waals surface area contributed by atoms with E-state index in [2.05, 4.69) is 41.1 Å². The number of aromatic nitrogens is 1. The number of hydrogen-bond acceptors (Lipinski definition) is 9. The largest absolute Gasteiger partial charge is 0.450 e. The number of fused-ring (bicyclic) bond motifs is 1. The Hall–Kier alpha value is -2.97. The fraction of sp³-hybridized carbons (Fsp3) is 0.483. The normalized spacial score (nSPS) is 16.6. The standard InChI is InChI=1S/C29H38N6O5S2.ClH/c1-4-40-29(37)34-17-19-35(20-18-34)42(38,39)24-9-7-23(8-10-24)27(36)30-11-12-32-13-15-33(16-14-32)28-31-25-21(2)5-6-22(3)26(25)41-28;/h5-10H,4,11-20H2,1-3H3,(H,30,36);1H. The molecule has 0 unspecified atom stereocenters. The van der Waals surface area contributed by atoms with Crippen LogP contribution < -0.4 is 10.2 Å². The zero-order valence-electron chi connectivity index (χ0n) is 24.7. The van der Waals surface area contributed by atoms with Crippen molar-refractivity contribution in [2.24, 2.45) is 0 Å². The van der Waals surface area contributed by atoms with Gasteiger partial charge in [-0.1, -0.05) is 23.5 Å². The molecule has 3 heterocycles. The molecule has 2 aliphatic heterocycles. The fourth-order valence-electron chi connectivity index (χ4n) is 5.23. The van der Waals surface area contributed by atoms with Crippen LogP contribution in [0.5, 0.6) is 0 Å². The summed E-state index contributed by atoms with van der Waals surface area (Å²) >= 11 is 1.76. The van der Waals surface area contributed by atoms with Crippen molar-refractivity contribution in [3.8, 4) is 0 Å². The van der Waals surface area contributed by atoms with E-state index in [0.717, 1.165) is 43.4 Å². The first-order valence-electron chi connectivity index (χ1n) is 14.3. The maximum absolute atomic E-state index is 13.1. The second kappa shape index (κ2) is 14.2. The summed E-state index contributed by atoms with van der Waals surface area (Å²) in [5.41, 5.74) is 3.97. The van der Waals surface area contributed by atoms with Crippen molar-refractivity contribution in [2.75, 3.05) is 77.0 Å². The molecule has 0 radical (unpaired) electrons. The van der Waals surface area contributed by atoms with Gasteiger partial charge < -0.3 is 19.9 Å². The molecule has 1 aromatic heterocycles. The average Bonchev–Trinajstić information content (AvgIpc) is 3.47. The van der Waals surface area contributed by atoms with Crippen molar-refractivity contribution in [1.82, 2.24) is 24.4 Å². The van der Waals surface area contributed by atoms with Gasteiger partial charge in [0.1, 0.15) is 0 Å². The predicted molar refractivity (Wildman–Crippen MR) is 171 cm³/mol. The number of sulfonamides is 1. The number of nitrogens with zero attached hydrogens (tertiary/aromatic N) is 5. The van der Waals surface area contributed by atoms with Gasteiger partial charge in [-0.15, -0.1) is 12.4 Å². The molecule has 2 amide bonds. The molecule has 234 valence electrons. The van der Waals surface area contributed by atoms with E-state index in [9.17, 15) is 18.0 Å². The first-order chi connectivity index (χ1) is 20.2. The Balaban J connectivity index is 0.00000423. The molecule has 0 aliphatic carbocycles. The van der Waals surface area contributed by atoms with Crippen LogP contribution in [0.25, 0.3) is 10.2 Å². The zero-order valence-corrected chi connectivity index (χ0v) is 27.2. The number of carbonyl (C=O) groups excluding carboxylic acids is 2. The number of piperazine rings is 2. The van der Waals surface area contributed by atoms with E-state index in [4.69, 9.17) is 9.72 Å². The lowest BCUT2D eigenvalue weighted by Gasteiger charge is -2.34. The molecule has 0 spiro atoms. The molecule has 0 saturated carbocycles. The van der Waals surface area contributed by atoms with Gasteiger partial charge in [-0.25, -0.2) is 18.2 Å². The lowest BCUT2D eigenvalue weighted by atomic mass is 10.1. The molecule has 2 saturated heterocycles. The highest BCUT2D eigenvalue weighted by atomic mass is 35.5.